The zero-order valence-electron chi connectivity index (χ0n) is 17.3. The standard InChI is InChI=1S/C24H20N2O5S/c1-12(2)25-23(32)26-13-3-6-17-16(9-13)22(29)31-24(17)18-7-4-14(27)10-20(18)30-21-11-15(28)5-8-19(21)24/h3-12,27-28H,1-2H3,(H2,25,26,32). The summed E-state index contributed by atoms with van der Waals surface area (Å²) < 4.78 is 12.0. The number of rotatable bonds is 2. The average molecular weight is 449 g/mol. The summed E-state index contributed by atoms with van der Waals surface area (Å²) in [5.74, 6) is 0.211. The van der Waals surface area contributed by atoms with E-state index in [-0.39, 0.29) is 17.5 Å². The zero-order chi connectivity index (χ0) is 22.6. The van der Waals surface area contributed by atoms with Crippen molar-refractivity contribution in [2.75, 3.05) is 5.32 Å². The maximum atomic E-state index is 13.1. The van der Waals surface area contributed by atoms with Crippen LogP contribution in [0.1, 0.15) is 40.9 Å². The molecule has 2 aliphatic rings. The van der Waals surface area contributed by atoms with Crippen molar-refractivity contribution in [3.05, 3.63) is 76.9 Å². The van der Waals surface area contributed by atoms with Crippen LogP contribution in [-0.2, 0) is 10.3 Å². The SMILES string of the molecule is CC(C)NC(=S)Nc1ccc2c(c1)C(=O)OC21c2ccc(O)cc2Oc2cc(O)ccc21. The van der Waals surface area contributed by atoms with Crippen LogP contribution in [0.25, 0.3) is 0 Å². The minimum absolute atomic E-state index is 0.0118. The highest BCUT2D eigenvalue weighted by atomic mass is 32.1. The van der Waals surface area contributed by atoms with Crippen LogP contribution in [0.3, 0.4) is 0 Å². The fraction of sp³-hybridized carbons (Fsp3) is 0.167. The molecule has 3 aromatic rings. The highest BCUT2D eigenvalue weighted by Crippen LogP contribution is 2.57. The number of esters is 1. The van der Waals surface area contributed by atoms with Gasteiger partial charge in [-0.1, -0.05) is 6.07 Å². The Balaban J connectivity index is 1.68. The molecule has 0 atom stereocenters. The summed E-state index contributed by atoms with van der Waals surface area (Å²) in [6.45, 7) is 3.96. The molecule has 4 N–H and O–H groups in total. The van der Waals surface area contributed by atoms with Gasteiger partial charge in [-0.15, -0.1) is 0 Å². The Hall–Kier alpha value is -3.78. The monoisotopic (exact) mass is 448 g/mol. The molecule has 0 bridgehead atoms. The summed E-state index contributed by atoms with van der Waals surface area (Å²) in [5.41, 5.74) is 1.57. The van der Waals surface area contributed by atoms with E-state index in [4.69, 9.17) is 21.7 Å². The summed E-state index contributed by atoms with van der Waals surface area (Å²) in [7, 11) is 0. The summed E-state index contributed by atoms with van der Waals surface area (Å²) in [4.78, 5) is 13.1. The number of thiocarbonyl (C=S) groups is 1. The Morgan fingerprint density at radius 1 is 0.938 bits per heavy atom. The molecule has 2 heterocycles. The van der Waals surface area contributed by atoms with Crippen LogP contribution >= 0.6 is 12.2 Å². The van der Waals surface area contributed by atoms with Gasteiger partial charge in [0.25, 0.3) is 0 Å². The van der Waals surface area contributed by atoms with Gasteiger partial charge in [0.2, 0.25) is 0 Å². The lowest BCUT2D eigenvalue weighted by molar-refractivity contribution is 0.0224. The number of ether oxygens (including phenoxy) is 2. The number of aromatic hydroxyl groups is 2. The lowest BCUT2D eigenvalue weighted by Crippen LogP contribution is -2.34. The van der Waals surface area contributed by atoms with Gasteiger partial charge in [-0.05, 0) is 62.5 Å². The molecule has 0 fully saturated rings. The van der Waals surface area contributed by atoms with Gasteiger partial charge in [-0.2, -0.15) is 0 Å². The number of hydrogen-bond donors (Lipinski definition) is 4. The van der Waals surface area contributed by atoms with Gasteiger partial charge in [-0.3, -0.25) is 0 Å². The van der Waals surface area contributed by atoms with E-state index >= 15 is 0 Å². The van der Waals surface area contributed by atoms with Crippen molar-refractivity contribution in [2.24, 2.45) is 0 Å². The van der Waals surface area contributed by atoms with Crippen LogP contribution in [0.15, 0.2) is 54.6 Å². The molecule has 32 heavy (non-hydrogen) atoms. The second kappa shape index (κ2) is 7.13. The second-order valence-electron chi connectivity index (χ2n) is 8.05. The first-order valence-electron chi connectivity index (χ1n) is 10.1. The van der Waals surface area contributed by atoms with Gasteiger partial charge in [0.05, 0.1) is 5.56 Å². The van der Waals surface area contributed by atoms with Crippen LogP contribution < -0.4 is 15.4 Å². The van der Waals surface area contributed by atoms with Gasteiger partial charge < -0.3 is 30.3 Å². The Bertz CT molecular complexity index is 1240. The number of phenols is 2. The van der Waals surface area contributed by atoms with Crippen molar-refractivity contribution in [2.45, 2.75) is 25.5 Å². The lowest BCUT2D eigenvalue weighted by atomic mass is 9.77. The Labute approximate surface area is 189 Å². The average Bonchev–Trinajstić information content (AvgIpc) is 2.99. The normalized spacial score (nSPS) is 14.8. The minimum atomic E-state index is -1.27. The number of nitrogens with one attached hydrogen (secondary N) is 2. The highest BCUT2D eigenvalue weighted by molar-refractivity contribution is 7.80. The molecule has 5 rings (SSSR count). The fourth-order valence-electron chi connectivity index (χ4n) is 4.21. The molecule has 0 unspecified atom stereocenters. The topological polar surface area (TPSA) is 100 Å². The quantitative estimate of drug-likeness (QED) is 0.339. The van der Waals surface area contributed by atoms with Crippen LogP contribution in [-0.4, -0.2) is 27.3 Å². The van der Waals surface area contributed by atoms with Crippen molar-refractivity contribution >= 4 is 29.0 Å². The summed E-state index contributed by atoms with van der Waals surface area (Å²) in [6, 6.07) is 14.8. The number of phenolic OH excluding ortho intramolecular Hbond substituents is 2. The van der Waals surface area contributed by atoms with Gasteiger partial charge in [0.1, 0.15) is 23.0 Å². The van der Waals surface area contributed by atoms with Crippen molar-refractivity contribution in [3.8, 4) is 23.0 Å². The largest absolute Gasteiger partial charge is 0.508 e. The summed E-state index contributed by atoms with van der Waals surface area (Å²) in [5, 5.41) is 26.6. The Kier molecular flexibility index (Phi) is 4.49. The molecular weight excluding hydrogens is 428 g/mol. The van der Waals surface area contributed by atoms with Crippen LogP contribution in [0.5, 0.6) is 23.0 Å². The van der Waals surface area contributed by atoms with Crippen molar-refractivity contribution < 1.29 is 24.5 Å². The Morgan fingerprint density at radius 3 is 2.12 bits per heavy atom. The molecule has 1 spiro atoms. The van der Waals surface area contributed by atoms with E-state index in [1.54, 1.807) is 18.2 Å². The van der Waals surface area contributed by atoms with E-state index in [0.29, 0.717) is 44.6 Å². The lowest BCUT2D eigenvalue weighted by Gasteiger charge is -2.36. The predicted molar refractivity (Wildman–Crippen MR) is 123 cm³/mol. The Morgan fingerprint density at radius 2 is 1.53 bits per heavy atom. The first-order valence-corrected chi connectivity index (χ1v) is 10.5. The summed E-state index contributed by atoms with van der Waals surface area (Å²) >= 11 is 5.31. The summed E-state index contributed by atoms with van der Waals surface area (Å²) in [6.07, 6.45) is 0. The van der Waals surface area contributed by atoms with Crippen molar-refractivity contribution in [1.29, 1.82) is 0 Å². The number of carbonyl (C=O) groups is 1. The molecule has 0 amide bonds. The highest BCUT2D eigenvalue weighted by Gasteiger charge is 2.53. The molecule has 7 nitrogen and oxygen atoms in total. The van der Waals surface area contributed by atoms with Crippen LogP contribution in [0.2, 0.25) is 0 Å². The molecule has 0 saturated carbocycles. The maximum Gasteiger partial charge on any atom is 0.340 e. The third-order valence-electron chi connectivity index (χ3n) is 5.45. The van der Waals surface area contributed by atoms with E-state index in [2.05, 4.69) is 10.6 Å². The van der Waals surface area contributed by atoms with E-state index in [1.165, 1.54) is 24.3 Å². The maximum absolute atomic E-state index is 13.1. The number of fused-ring (bicyclic) bond motifs is 6. The first kappa shape index (κ1) is 20.1. The number of carbonyl (C=O) groups excluding carboxylic acids is 1. The smallest absolute Gasteiger partial charge is 0.340 e. The fourth-order valence-corrected chi connectivity index (χ4v) is 4.57. The van der Waals surface area contributed by atoms with Crippen LogP contribution in [0.4, 0.5) is 5.69 Å². The third kappa shape index (κ3) is 3.03. The molecule has 2 aliphatic heterocycles. The molecule has 8 heteroatoms. The first-order chi connectivity index (χ1) is 15.3. The van der Waals surface area contributed by atoms with Gasteiger partial charge >= 0.3 is 5.97 Å². The predicted octanol–water partition coefficient (Wildman–Crippen LogP) is 4.36. The van der Waals surface area contributed by atoms with Crippen LogP contribution in [0, 0.1) is 0 Å². The number of hydrogen-bond acceptors (Lipinski definition) is 6. The third-order valence-corrected chi connectivity index (χ3v) is 5.67. The molecule has 0 aliphatic carbocycles. The molecule has 0 saturated heterocycles. The van der Waals surface area contributed by atoms with E-state index < -0.39 is 11.6 Å². The number of benzene rings is 3. The van der Waals surface area contributed by atoms with E-state index in [9.17, 15) is 15.0 Å². The molecule has 3 aromatic carbocycles. The van der Waals surface area contributed by atoms with Gasteiger partial charge in [-0.25, -0.2) is 4.79 Å². The second-order valence-corrected chi connectivity index (χ2v) is 8.46. The molecule has 0 radical (unpaired) electrons. The van der Waals surface area contributed by atoms with E-state index in [1.807, 2.05) is 26.0 Å². The zero-order valence-corrected chi connectivity index (χ0v) is 18.1. The molecule has 0 aromatic heterocycles. The van der Waals surface area contributed by atoms with Gasteiger partial charge in [0, 0.05) is 40.6 Å². The van der Waals surface area contributed by atoms with Crippen molar-refractivity contribution in [1.82, 2.24) is 5.32 Å². The van der Waals surface area contributed by atoms with Crippen molar-refractivity contribution in [3.63, 3.8) is 0 Å². The molecule has 162 valence electrons. The van der Waals surface area contributed by atoms with Gasteiger partial charge in [0.15, 0.2) is 10.7 Å². The molecular formula is C24H20N2O5S. The number of anilines is 1. The van der Waals surface area contributed by atoms with E-state index in [0.717, 1.165) is 0 Å². The minimum Gasteiger partial charge on any atom is -0.508 e.